The number of imide groups is 1. The molecule has 1 aliphatic heterocycles. The van der Waals surface area contributed by atoms with Crippen molar-refractivity contribution in [3.05, 3.63) is 29.8 Å². The standard InChI is InChI=1S/C16H21NO3/c1-3-16(4-2)11-14(19)17(15(16)20)13-7-5-12(6-8-13)9-10-18/h5-8,18H,3-4,9-11H2,1-2H3. The molecule has 1 N–H and O–H groups in total. The molecule has 2 rings (SSSR count). The number of benzene rings is 1. The molecule has 0 saturated carbocycles. The molecule has 2 amide bonds. The lowest BCUT2D eigenvalue weighted by Gasteiger charge is -2.23. The zero-order valence-corrected chi connectivity index (χ0v) is 12.1. The van der Waals surface area contributed by atoms with Gasteiger partial charge in [0.15, 0.2) is 0 Å². The van der Waals surface area contributed by atoms with Gasteiger partial charge >= 0.3 is 0 Å². The molecule has 108 valence electrons. The predicted molar refractivity (Wildman–Crippen MR) is 77.4 cm³/mol. The summed E-state index contributed by atoms with van der Waals surface area (Å²) < 4.78 is 0. The lowest BCUT2D eigenvalue weighted by atomic mass is 9.81. The van der Waals surface area contributed by atoms with Crippen LogP contribution in [0.5, 0.6) is 0 Å². The molecule has 1 heterocycles. The number of hydrogen-bond acceptors (Lipinski definition) is 3. The second-order valence-electron chi connectivity index (χ2n) is 5.34. The molecule has 0 bridgehead atoms. The first-order valence-electron chi connectivity index (χ1n) is 7.15. The van der Waals surface area contributed by atoms with Crippen LogP contribution in [0.1, 0.15) is 38.7 Å². The van der Waals surface area contributed by atoms with Crippen LogP contribution in [0.2, 0.25) is 0 Å². The SMILES string of the molecule is CCC1(CC)CC(=O)N(c2ccc(CCO)cc2)C1=O. The summed E-state index contributed by atoms with van der Waals surface area (Å²) in [5, 5.41) is 8.90. The van der Waals surface area contributed by atoms with E-state index in [9.17, 15) is 9.59 Å². The van der Waals surface area contributed by atoms with Crippen molar-refractivity contribution in [1.29, 1.82) is 0 Å². The Morgan fingerprint density at radius 2 is 1.75 bits per heavy atom. The summed E-state index contributed by atoms with van der Waals surface area (Å²) in [5.74, 6) is -0.198. The van der Waals surface area contributed by atoms with Crippen LogP contribution in [-0.4, -0.2) is 23.5 Å². The molecule has 4 heteroatoms. The number of nitrogens with zero attached hydrogens (tertiary/aromatic N) is 1. The fourth-order valence-corrected chi connectivity index (χ4v) is 2.80. The van der Waals surface area contributed by atoms with Gasteiger partial charge in [-0.25, -0.2) is 0 Å². The number of amides is 2. The molecular weight excluding hydrogens is 254 g/mol. The molecule has 1 aliphatic rings. The molecule has 1 aromatic carbocycles. The Morgan fingerprint density at radius 1 is 1.15 bits per heavy atom. The van der Waals surface area contributed by atoms with Gasteiger partial charge in [0.1, 0.15) is 0 Å². The average molecular weight is 275 g/mol. The monoisotopic (exact) mass is 275 g/mol. The summed E-state index contributed by atoms with van der Waals surface area (Å²) in [4.78, 5) is 26.1. The second kappa shape index (κ2) is 5.75. The van der Waals surface area contributed by atoms with Gasteiger partial charge in [0, 0.05) is 13.0 Å². The fraction of sp³-hybridized carbons (Fsp3) is 0.500. The summed E-state index contributed by atoms with van der Waals surface area (Å²) in [5.41, 5.74) is 1.10. The van der Waals surface area contributed by atoms with Gasteiger partial charge in [-0.2, -0.15) is 0 Å². The Hall–Kier alpha value is -1.68. The lowest BCUT2D eigenvalue weighted by Crippen LogP contribution is -2.35. The van der Waals surface area contributed by atoms with E-state index in [4.69, 9.17) is 5.11 Å². The Morgan fingerprint density at radius 3 is 2.20 bits per heavy atom. The van der Waals surface area contributed by atoms with E-state index in [1.807, 2.05) is 26.0 Å². The van der Waals surface area contributed by atoms with E-state index in [0.29, 0.717) is 31.4 Å². The lowest BCUT2D eigenvalue weighted by molar-refractivity contribution is -0.126. The molecule has 1 aromatic rings. The summed E-state index contributed by atoms with van der Waals surface area (Å²) >= 11 is 0. The maximum atomic E-state index is 12.6. The minimum Gasteiger partial charge on any atom is -0.396 e. The van der Waals surface area contributed by atoms with Crippen molar-refractivity contribution in [1.82, 2.24) is 0 Å². The van der Waals surface area contributed by atoms with Crippen LogP contribution >= 0.6 is 0 Å². The van der Waals surface area contributed by atoms with Gasteiger partial charge in [-0.1, -0.05) is 26.0 Å². The van der Waals surface area contributed by atoms with Crippen molar-refractivity contribution >= 4 is 17.5 Å². The summed E-state index contributed by atoms with van der Waals surface area (Å²) in [6, 6.07) is 7.26. The molecule has 0 unspecified atom stereocenters. The average Bonchev–Trinajstić information content (AvgIpc) is 2.72. The summed E-state index contributed by atoms with van der Waals surface area (Å²) in [6.45, 7) is 4.01. The van der Waals surface area contributed by atoms with E-state index in [1.165, 1.54) is 4.90 Å². The van der Waals surface area contributed by atoms with Crippen molar-refractivity contribution in [3.63, 3.8) is 0 Å². The van der Waals surface area contributed by atoms with Crippen LogP contribution in [0, 0.1) is 5.41 Å². The van der Waals surface area contributed by atoms with E-state index in [1.54, 1.807) is 12.1 Å². The maximum absolute atomic E-state index is 12.6. The Kier molecular flexibility index (Phi) is 4.23. The van der Waals surface area contributed by atoms with Crippen molar-refractivity contribution < 1.29 is 14.7 Å². The molecule has 0 aliphatic carbocycles. The highest BCUT2D eigenvalue weighted by Gasteiger charge is 2.49. The van der Waals surface area contributed by atoms with Crippen molar-refractivity contribution in [2.45, 2.75) is 39.5 Å². The third-order valence-electron chi connectivity index (χ3n) is 4.34. The zero-order chi connectivity index (χ0) is 14.8. The first-order chi connectivity index (χ1) is 9.57. The Labute approximate surface area is 119 Å². The largest absolute Gasteiger partial charge is 0.396 e. The highest BCUT2D eigenvalue weighted by molar-refractivity contribution is 6.22. The maximum Gasteiger partial charge on any atom is 0.240 e. The van der Waals surface area contributed by atoms with Crippen LogP contribution in [0.15, 0.2) is 24.3 Å². The number of carbonyl (C=O) groups excluding carboxylic acids is 2. The van der Waals surface area contributed by atoms with E-state index >= 15 is 0 Å². The number of rotatable bonds is 5. The highest BCUT2D eigenvalue weighted by Crippen LogP contribution is 2.41. The molecule has 1 saturated heterocycles. The first-order valence-corrected chi connectivity index (χ1v) is 7.15. The van der Waals surface area contributed by atoms with E-state index in [2.05, 4.69) is 0 Å². The van der Waals surface area contributed by atoms with Crippen LogP contribution in [0.3, 0.4) is 0 Å². The minimum absolute atomic E-state index is 0.0811. The van der Waals surface area contributed by atoms with Crippen LogP contribution in [-0.2, 0) is 16.0 Å². The molecule has 0 spiro atoms. The highest BCUT2D eigenvalue weighted by atomic mass is 16.3. The molecule has 0 radical (unpaired) electrons. The number of aliphatic hydroxyl groups is 1. The summed E-state index contributed by atoms with van der Waals surface area (Å²) in [7, 11) is 0. The molecule has 20 heavy (non-hydrogen) atoms. The van der Waals surface area contributed by atoms with Gasteiger partial charge in [-0.05, 0) is 37.0 Å². The van der Waals surface area contributed by atoms with Crippen LogP contribution in [0.25, 0.3) is 0 Å². The number of carbonyl (C=O) groups is 2. The Bertz CT molecular complexity index is 503. The minimum atomic E-state index is -0.527. The predicted octanol–water partition coefficient (Wildman–Crippen LogP) is 2.29. The smallest absolute Gasteiger partial charge is 0.240 e. The van der Waals surface area contributed by atoms with Crippen molar-refractivity contribution in [2.75, 3.05) is 11.5 Å². The third kappa shape index (κ3) is 2.36. The van der Waals surface area contributed by atoms with Gasteiger partial charge in [0.05, 0.1) is 11.1 Å². The molecular formula is C16H21NO3. The van der Waals surface area contributed by atoms with Gasteiger partial charge < -0.3 is 5.11 Å². The van der Waals surface area contributed by atoms with Gasteiger partial charge in [-0.15, -0.1) is 0 Å². The van der Waals surface area contributed by atoms with Crippen molar-refractivity contribution in [3.8, 4) is 0 Å². The second-order valence-corrected chi connectivity index (χ2v) is 5.34. The van der Waals surface area contributed by atoms with E-state index < -0.39 is 5.41 Å². The molecule has 1 fully saturated rings. The van der Waals surface area contributed by atoms with Crippen LogP contribution < -0.4 is 4.90 Å². The van der Waals surface area contributed by atoms with E-state index in [-0.39, 0.29) is 18.4 Å². The van der Waals surface area contributed by atoms with Gasteiger partial charge in [0.2, 0.25) is 11.8 Å². The van der Waals surface area contributed by atoms with Gasteiger partial charge in [0.25, 0.3) is 0 Å². The fourth-order valence-electron chi connectivity index (χ4n) is 2.80. The molecule has 4 nitrogen and oxygen atoms in total. The number of hydrogen-bond donors (Lipinski definition) is 1. The Balaban J connectivity index is 2.28. The number of aliphatic hydroxyl groups excluding tert-OH is 1. The summed E-state index contributed by atoms with van der Waals surface area (Å²) in [6.07, 6.45) is 2.26. The zero-order valence-electron chi connectivity index (χ0n) is 12.1. The quantitative estimate of drug-likeness (QED) is 0.839. The first kappa shape index (κ1) is 14.7. The number of anilines is 1. The van der Waals surface area contributed by atoms with Gasteiger partial charge in [-0.3, -0.25) is 14.5 Å². The topological polar surface area (TPSA) is 57.6 Å². The van der Waals surface area contributed by atoms with E-state index in [0.717, 1.165) is 5.56 Å². The van der Waals surface area contributed by atoms with Crippen molar-refractivity contribution in [2.24, 2.45) is 5.41 Å². The third-order valence-corrected chi connectivity index (χ3v) is 4.34. The molecule has 0 aromatic heterocycles. The molecule has 0 atom stereocenters. The normalized spacial score (nSPS) is 17.9. The van der Waals surface area contributed by atoms with Crippen LogP contribution in [0.4, 0.5) is 5.69 Å².